The molecule has 1 aliphatic rings. The van der Waals surface area contributed by atoms with E-state index in [0.29, 0.717) is 18.8 Å². The van der Waals surface area contributed by atoms with Crippen molar-refractivity contribution in [3.05, 3.63) is 82.3 Å². The molecule has 7 nitrogen and oxygen atoms in total. The lowest BCUT2D eigenvalue weighted by atomic mass is 10.2. The van der Waals surface area contributed by atoms with Crippen LogP contribution in [-0.4, -0.2) is 55.6 Å². The molecule has 38 heavy (non-hydrogen) atoms. The number of halogens is 1. The summed E-state index contributed by atoms with van der Waals surface area (Å²) in [5.74, 6) is -0.386. The number of anilines is 1. The van der Waals surface area contributed by atoms with Crippen LogP contribution >= 0.6 is 27.7 Å². The number of sulfonamides is 1. The SMILES string of the molecule is Cc1ccc(C)c(Sc2ccccc2NC(=O)CCC(=O)N2CCN(S(=O)(=O)c3ccc(Br)cc3)CC2)c1. The van der Waals surface area contributed by atoms with Crippen molar-refractivity contribution >= 4 is 55.2 Å². The van der Waals surface area contributed by atoms with E-state index in [-0.39, 0.29) is 42.6 Å². The Bertz CT molecular complexity index is 1420. The summed E-state index contributed by atoms with van der Waals surface area (Å²) in [6.07, 6.45) is 0.121. The molecule has 0 aromatic heterocycles. The number of hydrogen-bond donors (Lipinski definition) is 1. The van der Waals surface area contributed by atoms with Crippen molar-refractivity contribution in [3.63, 3.8) is 0 Å². The van der Waals surface area contributed by atoms with Crippen LogP contribution in [0.1, 0.15) is 24.0 Å². The zero-order valence-corrected chi connectivity index (χ0v) is 24.5. The standard InChI is InChI=1S/C28H30BrN3O4S2/c1-20-7-8-21(2)26(19-20)37-25-6-4-3-5-24(25)30-27(33)13-14-28(34)31-15-17-32(18-16-31)38(35,36)23-11-9-22(29)10-12-23/h3-12,19H,13-18H2,1-2H3,(H,30,33). The monoisotopic (exact) mass is 615 g/mol. The molecule has 1 heterocycles. The van der Waals surface area contributed by atoms with Gasteiger partial charge in [-0.3, -0.25) is 9.59 Å². The smallest absolute Gasteiger partial charge is 0.243 e. The van der Waals surface area contributed by atoms with Gasteiger partial charge in [-0.05, 0) is 67.4 Å². The van der Waals surface area contributed by atoms with E-state index in [1.165, 1.54) is 9.87 Å². The Hall–Kier alpha value is -2.66. The van der Waals surface area contributed by atoms with E-state index in [1.807, 2.05) is 24.3 Å². The van der Waals surface area contributed by atoms with Gasteiger partial charge in [0.1, 0.15) is 0 Å². The van der Waals surface area contributed by atoms with Crippen LogP contribution in [-0.2, 0) is 19.6 Å². The van der Waals surface area contributed by atoms with Gasteiger partial charge in [0.05, 0.1) is 10.6 Å². The molecule has 1 fully saturated rings. The summed E-state index contributed by atoms with van der Waals surface area (Å²) in [5.41, 5.74) is 3.05. The highest BCUT2D eigenvalue weighted by molar-refractivity contribution is 9.10. The van der Waals surface area contributed by atoms with Gasteiger partial charge in [0, 0.05) is 53.3 Å². The van der Waals surface area contributed by atoms with Crippen LogP contribution in [0.25, 0.3) is 0 Å². The van der Waals surface area contributed by atoms with Gasteiger partial charge in [-0.1, -0.05) is 52.0 Å². The molecular weight excluding hydrogens is 586 g/mol. The second kappa shape index (κ2) is 12.5. The number of carbonyl (C=O) groups excluding carboxylic acids is 2. The third-order valence-electron chi connectivity index (χ3n) is 6.33. The molecule has 0 aliphatic carbocycles. The van der Waals surface area contributed by atoms with Crippen LogP contribution in [0.5, 0.6) is 0 Å². The summed E-state index contributed by atoms with van der Waals surface area (Å²) in [6, 6.07) is 20.4. The normalized spacial score (nSPS) is 14.3. The number of piperazine rings is 1. The Balaban J connectivity index is 1.29. The molecule has 0 radical (unpaired) electrons. The zero-order valence-electron chi connectivity index (χ0n) is 21.3. The Kier molecular flexibility index (Phi) is 9.30. The second-order valence-corrected chi connectivity index (χ2v) is 13.1. The first-order valence-electron chi connectivity index (χ1n) is 12.3. The number of para-hydroxylation sites is 1. The second-order valence-electron chi connectivity index (χ2n) is 9.15. The van der Waals surface area contributed by atoms with Crippen molar-refractivity contribution in [3.8, 4) is 0 Å². The summed E-state index contributed by atoms with van der Waals surface area (Å²) in [7, 11) is -3.61. The van der Waals surface area contributed by atoms with Crippen molar-refractivity contribution in [1.29, 1.82) is 0 Å². The van der Waals surface area contributed by atoms with E-state index < -0.39 is 10.0 Å². The Morgan fingerprint density at radius 1 is 0.895 bits per heavy atom. The molecule has 200 valence electrons. The van der Waals surface area contributed by atoms with Gasteiger partial charge in [0.15, 0.2) is 0 Å². The zero-order chi connectivity index (χ0) is 27.3. The number of carbonyl (C=O) groups is 2. The number of aryl methyl sites for hydroxylation is 2. The van der Waals surface area contributed by atoms with Crippen molar-refractivity contribution in [2.24, 2.45) is 0 Å². The predicted molar refractivity (Wildman–Crippen MR) is 154 cm³/mol. The number of benzene rings is 3. The lowest BCUT2D eigenvalue weighted by Crippen LogP contribution is -2.50. The third kappa shape index (κ3) is 7.05. The van der Waals surface area contributed by atoms with Gasteiger partial charge in [-0.2, -0.15) is 4.31 Å². The van der Waals surface area contributed by atoms with Crippen molar-refractivity contribution < 1.29 is 18.0 Å². The maximum atomic E-state index is 12.9. The number of amides is 2. The summed E-state index contributed by atoms with van der Waals surface area (Å²) in [6.45, 7) is 5.15. The minimum absolute atomic E-state index is 0.0543. The number of nitrogens with zero attached hydrogens (tertiary/aromatic N) is 2. The molecule has 0 saturated carbocycles. The molecule has 10 heteroatoms. The molecule has 2 amide bonds. The highest BCUT2D eigenvalue weighted by atomic mass is 79.9. The molecule has 1 N–H and O–H groups in total. The van der Waals surface area contributed by atoms with Gasteiger partial charge >= 0.3 is 0 Å². The predicted octanol–water partition coefficient (Wildman–Crippen LogP) is 5.47. The van der Waals surface area contributed by atoms with Crippen LogP contribution < -0.4 is 5.32 Å². The van der Waals surface area contributed by atoms with Gasteiger partial charge < -0.3 is 10.2 Å². The highest BCUT2D eigenvalue weighted by Crippen LogP contribution is 2.35. The lowest BCUT2D eigenvalue weighted by Gasteiger charge is -2.34. The van der Waals surface area contributed by atoms with E-state index in [4.69, 9.17) is 0 Å². The van der Waals surface area contributed by atoms with Crippen LogP contribution in [0.2, 0.25) is 0 Å². The van der Waals surface area contributed by atoms with Crippen molar-refractivity contribution in [2.75, 3.05) is 31.5 Å². The number of rotatable bonds is 8. The summed E-state index contributed by atoms with van der Waals surface area (Å²) < 4.78 is 28.0. The fourth-order valence-corrected chi connectivity index (χ4v) is 6.89. The van der Waals surface area contributed by atoms with Gasteiger partial charge in [-0.25, -0.2) is 8.42 Å². The summed E-state index contributed by atoms with van der Waals surface area (Å²) >= 11 is 4.91. The first-order valence-corrected chi connectivity index (χ1v) is 15.4. The molecule has 3 aromatic rings. The minimum Gasteiger partial charge on any atom is -0.340 e. The summed E-state index contributed by atoms with van der Waals surface area (Å²) in [5, 5.41) is 2.95. The Labute approximate surface area is 236 Å². The van der Waals surface area contributed by atoms with Crippen molar-refractivity contribution in [2.45, 2.75) is 41.4 Å². The van der Waals surface area contributed by atoms with E-state index >= 15 is 0 Å². The minimum atomic E-state index is -3.61. The molecule has 1 saturated heterocycles. The van der Waals surface area contributed by atoms with Crippen LogP contribution in [0.15, 0.2) is 85.9 Å². The molecule has 4 rings (SSSR count). The Morgan fingerprint density at radius 2 is 1.58 bits per heavy atom. The Morgan fingerprint density at radius 3 is 2.29 bits per heavy atom. The maximum Gasteiger partial charge on any atom is 0.243 e. The average Bonchev–Trinajstić information content (AvgIpc) is 2.91. The number of nitrogens with one attached hydrogen (secondary N) is 1. The van der Waals surface area contributed by atoms with Crippen LogP contribution in [0.3, 0.4) is 0 Å². The van der Waals surface area contributed by atoms with E-state index in [2.05, 4.69) is 53.3 Å². The fraction of sp³-hybridized carbons (Fsp3) is 0.286. The largest absolute Gasteiger partial charge is 0.340 e. The first kappa shape index (κ1) is 28.4. The molecule has 0 unspecified atom stereocenters. The van der Waals surface area contributed by atoms with E-state index in [9.17, 15) is 18.0 Å². The average molecular weight is 617 g/mol. The topological polar surface area (TPSA) is 86.8 Å². The molecule has 3 aromatic carbocycles. The molecule has 1 aliphatic heterocycles. The lowest BCUT2D eigenvalue weighted by molar-refractivity contribution is -0.133. The molecule has 0 spiro atoms. The van der Waals surface area contributed by atoms with Gasteiger partial charge in [0.2, 0.25) is 21.8 Å². The maximum absolute atomic E-state index is 12.9. The fourth-order valence-electron chi connectivity index (χ4n) is 4.12. The quantitative estimate of drug-likeness (QED) is 0.363. The molecular formula is C28H30BrN3O4S2. The first-order chi connectivity index (χ1) is 18.1. The summed E-state index contributed by atoms with van der Waals surface area (Å²) in [4.78, 5) is 29.4. The van der Waals surface area contributed by atoms with E-state index in [1.54, 1.807) is 40.9 Å². The third-order valence-corrected chi connectivity index (χ3v) is 10.0. The van der Waals surface area contributed by atoms with Crippen molar-refractivity contribution in [1.82, 2.24) is 9.21 Å². The number of hydrogen-bond acceptors (Lipinski definition) is 5. The van der Waals surface area contributed by atoms with Crippen LogP contribution in [0, 0.1) is 13.8 Å². The molecule has 0 bridgehead atoms. The highest BCUT2D eigenvalue weighted by Gasteiger charge is 2.30. The molecule has 0 atom stereocenters. The van der Waals surface area contributed by atoms with Gasteiger partial charge in [0.25, 0.3) is 0 Å². The van der Waals surface area contributed by atoms with Crippen LogP contribution in [0.4, 0.5) is 5.69 Å². The van der Waals surface area contributed by atoms with E-state index in [0.717, 1.165) is 19.8 Å². The van der Waals surface area contributed by atoms with Gasteiger partial charge in [-0.15, -0.1) is 0 Å².